The summed E-state index contributed by atoms with van der Waals surface area (Å²) >= 11 is 0. The average molecular weight is 538 g/mol. The average Bonchev–Trinajstić information content (AvgIpc) is 3.68. The van der Waals surface area contributed by atoms with Crippen molar-refractivity contribution < 1.29 is 23.9 Å². The fourth-order valence-corrected chi connectivity index (χ4v) is 6.84. The molecular formula is C32H31N3O5. The van der Waals surface area contributed by atoms with Gasteiger partial charge >= 0.3 is 18.0 Å². The second kappa shape index (κ2) is 8.34. The number of benzene rings is 2. The number of hydrogen-bond donors (Lipinski definition) is 0. The molecule has 7 rings (SSSR count). The Morgan fingerprint density at radius 1 is 0.925 bits per heavy atom. The minimum absolute atomic E-state index is 0.169. The Labute approximate surface area is 231 Å². The third-order valence-electron chi connectivity index (χ3n) is 8.46. The zero-order chi connectivity index (χ0) is 28.0. The molecule has 0 aliphatic carbocycles. The molecule has 0 N–H and O–H groups in total. The van der Waals surface area contributed by atoms with Gasteiger partial charge in [-0.1, -0.05) is 36.4 Å². The van der Waals surface area contributed by atoms with Gasteiger partial charge in [-0.2, -0.15) is 0 Å². The first-order chi connectivity index (χ1) is 19.1. The lowest BCUT2D eigenvalue weighted by Gasteiger charge is -2.26. The van der Waals surface area contributed by atoms with Crippen LogP contribution in [0.3, 0.4) is 0 Å². The number of nitrogens with zero attached hydrogens (tertiary/aromatic N) is 3. The second-order valence-corrected chi connectivity index (χ2v) is 12.4. The Kier molecular flexibility index (Phi) is 5.15. The molecule has 2 aromatic carbocycles. The van der Waals surface area contributed by atoms with E-state index in [1.165, 1.54) is 0 Å². The Balaban J connectivity index is 1.37. The van der Waals surface area contributed by atoms with Crippen molar-refractivity contribution in [2.45, 2.75) is 45.8 Å². The standard InChI is InChI=1S/C32H31N3O5/c1-31(2,3)40-30(38)34-14-13-32(17-34)15-24-25(20-10-6-8-12-23(20)35(24)18-32)27-26(28(36)39-29(27)37)21-16-33(4)22-11-7-5-9-19(21)22/h5-12,16H,13-15,17-18H2,1-4H3. The van der Waals surface area contributed by atoms with Gasteiger partial charge in [0.15, 0.2) is 0 Å². The van der Waals surface area contributed by atoms with E-state index in [4.69, 9.17) is 9.47 Å². The number of carbonyl (C=O) groups is 3. The molecule has 204 valence electrons. The summed E-state index contributed by atoms with van der Waals surface area (Å²) in [6.07, 6.45) is 3.12. The molecular weight excluding hydrogens is 506 g/mol. The molecule has 0 radical (unpaired) electrons. The smallest absolute Gasteiger partial charge is 0.410 e. The number of para-hydroxylation sites is 2. The van der Waals surface area contributed by atoms with E-state index in [9.17, 15) is 14.4 Å². The van der Waals surface area contributed by atoms with Crippen LogP contribution in [-0.2, 0) is 39.1 Å². The number of aryl methyl sites for hydroxylation is 1. The maximum Gasteiger partial charge on any atom is 0.410 e. The number of ether oxygens (including phenoxy) is 2. The molecule has 0 bridgehead atoms. The third-order valence-corrected chi connectivity index (χ3v) is 8.46. The van der Waals surface area contributed by atoms with Gasteiger partial charge in [0.05, 0.1) is 11.1 Å². The van der Waals surface area contributed by atoms with Crippen LogP contribution in [-0.4, -0.2) is 50.8 Å². The van der Waals surface area contributed by atoms with Gasteiger partial charge in [0.25, 0.3) is 0 Å². The summed E-state index contributed by atoms with van der Waals surface area (Å²) in [5, 5.41) is 1.82. The number of amides is 1. The van der Waals surface area contributed by atoms with E-state index in [1.807, 2.05) is 81.0 Å². The van der Waals surface area contributed by atoms with Crippen LogP contribution in [0.25, 0.3) is 33.0 Å². The van der Waals surface area contributed by atoms with E-state index in [1.54, 1.807) is 4.90 Å². The van der Waals surface area contributed by atoms with Gasteiger partial charge in [0.2, 0.25) is 0 Å². The quantitative estimate of drug-likeness (QED) is 0.256. The molecule has 8 nitrogen and oxygen atoms in total. The van der Waals surface area contributed by atoms with E-state index in [-0.39, 0.29) is 11.5 Å². The summed E-state index contributed by atoms with van der Waals surface area (Å²) in [6, 6.07) is 15.9. The minimum Gasteiger partial charge on any atom is -0.444 e. The molecule has 3 aliphatic heterocycles. The lowest BCUT2D eigenvalue weighted by molar-refractivity contribution is -0.149. The van der Waals surface area contributed by atoms with Crippen molar-refractivity contribution in [2.75, 3.05) is 13.1 Å². The number of esters is 2. The molecule has 5 heterocycles. The monoisotopic (exact) mass is 537 g/mol. The maximum atomic E-state index is 13.5. The minimum atomic E-state index is -0.620. The van der Waals surface area contributed by atoms with Crippen molar-refractivity contribution in [3.63, 3.8) is 0 Å². The molecule has 3 aliphatic rings. The fourth-order valence-electron chi connectivity index (χ4n) is 6.84. The summed E-state index contributed by atoms with van der Waals surface area (Å²) in [5.74, 6) is -1.24. The number of fused-ring (bicyclic) bond motifs is 4. The fraction of sp³-hybridized carbons (Fsp3) is 0.344. The van der Waals surface area contributed by atoms with Crippen LogP contribution in [0.2, 0.25) is 0 Å². The van der Waals surface area contributed by atoms with Gasteiger partial charge in [-0.3, -0.25) is 0 Å². The number of hydrogen-bond acceptors (Lipinski definition) is 5. The van der Waals surface area contributed by atoms with Gasteiger partial charge in [-0.25, -0.2) is 14.4 Å². The molecule has 4 aromatic rings. The van der Waals surface area contributed by atoms with E-state index in [0.717, 1.165) is 46.0 Å². The molecule has 1 atom stereocenters. The van der Waals surface area contributed by atoms with Crippen molar-refractivity contribution in [1.82, 2.24) is 14.0 Å². The highest BCUT2D eigenvalue weighted by Crippen LogP contribution is 2.49. The summed E-state index contributed by atoms with van der Waals surface area (Å²) in [6.45, 7) is 7.55. The van der Waals surface area contributed by atoms with Crippen LogP contribution in [0.5, 0.6) is 0 Å². The normalized spacial score (nSPS) is 20.9. The zero-order valence-electron chi connectivity index (χ0n) is 23.1. The van der Waals surface area contributed by atoms with Crippen LogP contribution in [0, 0.1) is 5.41 Å². The van der Waals surface area contributed by atoms with Gasteiger partial charge in [0, 0.05) is 76.9 Å². The van der Waals surface area contributed by atoms with Crippen LogP contribution in [0.4, 0.5) is 4.79 Å². The number of likely N-dealkylation sites (tertiary alicyclic amines) is 1. The van der Waals surface area contributed by atoms with Crippen LogP contribution < -0.4 is 0 Å². The van der Waals surface area contributed by atoms with Crippen molar-refractivity contribution in [3.05, 3.63) is 71.5 Å². The summed E-state index contributed by atoms with van der Waals surface area (Å²) in [7, 11) is 1.93. The molecule has 0 saturated carbocycles. The Hall–Kier alpha value is -4.33. The van der Waals surface area contributed by atoms with E-state index >= 15 is 0 Å². The Morgan fingerprint density at radius 3 is 2.35 bits per heavy atom. The molecule has 8 heteroatoms. The molecule has 1 saturated heterocycles. The van der Waals surface area contributed by atoms with Crippen LogP contribution in [0.15, 0.2) is 54.7 Å². The lowest BCUT2D eigenvalue weighted by atomic mass is 9.83. The van der Waals surface area contributed by atoms with Gasteiger partial charge in [-0.05, 0) is 45.7 Å². The predicted octanol–water partition coefficient (Wildman–Crippen LogP) is 5.31. The third kappa shape index (κ3) is 3.62. The van der Waals surface area contributed by atoms with Crippen LogP contribution >= 0.6 is 0 Å². The first kappa shape index (κ1) is 24.7. The summed E-state index contributed by atoms with van der Waals surface area (Å²) in [5.41, 5.74) is 4.35. The molecule has 40 heavy (non-hydrogen) atoms. The Morgan fingerprint density at radius 2 is 1.60 bits per heavy atom. The van der Waals surface area contributed by atoms with Gasteiger partial charge in [-0.15, -0.1) is 0 Å². The number of aromatic nitrogens is 2. The topological polar surface area (TPSA) is 82.8 Å². The van der Waals surface area contributed by atoms with Crippen molar-refractivity contribution in [1.29, 1.82) is 0 Å². The molecule has 1 unspecified atom stereocenters. The first-order valence-electron chi connectivity index (χ1n) is 13.7. The summed E-state index contributed by atoms with van der Waals surface area (Å²) < 4.78 is 15.2. The highest BCUT2D eigenvalue weighted by Gasteiger charge is 2.48. The SMILES string of the molecule is Cn1cc(C2=C(c3c4n(c5ccccc35)CC3(CCN(C(=O)OC(C)(C)C)C3)C4)C(=O)OC2=O)c2ccccc21. The first-order valence-corrected chi connectivity index (χ1v) is 13.7. The van der Waals surface area contributed by atoms with E-state index in [2.05, 4.69) is 10.6 Å². The maximum absolute atomic E-state index is 13.5. The predicted molar refractivity (Wildman–Crippen MR) is 151 cm³/mol. The highest BCUT2D eigenvalue weighted by atomic mass is 16.6. The Bertz CT molecular complexity index is 1800. The largest absolute Gasteiger partial charge is 0.444 e. The van der Waals surface area contributed by atoms with Crippen molar-refractivity contribution >= 4 is 51.0 Å². The van der Waals surface area contributed by atoms with Crippen LogP contribution in [0.1, 0.15) is 44.0 Å². The summed E-state index contributed by atoms with van der Waals surface area (Å²) in [4.78, 5) is 41.4. The molecule has 2 aromatic heterocycles. The number of cyclic esters (lactones) is 2. The van der Waals surface area contributed by atoms with Gasteiger partial charge in [0.1, 0.15) is 5.60 Å². The molecule has 1 fully saturated rings. The van der Waals surface area contributed by atoms with Crippen molar-refractivity contribution in [2.24, 2.45) is 12.5 Å². The highest BCUT2D eigenvalue weighted by molar-refractivity contribution is 6.47. The lowest BCUT2D eigenvalue weighted by Crippen LogP contribution is -2.37. The number of rotatable bonds is 2. The van der Waals surface area contributed by atoms with E-state index in [0.29, 0.717) is 36.2 Å². The zero-order valence-corrected chi connectivity index (χ0v) is 23.1. The van der Waals surface area contributed by atoms with Gasteiger partial charge < -0.3 is 23.5 Å². The number of carbonyl (C=O) groups excluding carboxylic acids is 3. The van der Waals surface area contributed by atoms with Crippen molar-refractivity contribution in [3.8, 4) is 0 Å². The van der Waals surface area contributed by atoms with E-state index < -0.39 is 17.5 Å². The molecule has 1 spiro atoms. The molecule has 1 amide bonds. The second-order valence-electron chi connectivity index (χ2n) is 12.4.